The lowest BCUT2D eigenvalue weighted by atomic mass is 9.96. The fourth-order valence-electron chi connectivity index (χ4n) is 9.82. The molecule has 31 nitrogen and oxygen atoms in total. The Kier molecular flexibility index (Phi) is 35.9. The molecular formula is C67H98N18O13. The van der Waals surface area contributed by atoms with Crippen LogP contribution in [0.15, 0.2) is 92.8 Å². The number of methoxy groups -OCH3 is 4. The van der Waals surface area contributed by atoms with Gasteiger partial charge in [0.15, 0.2) is 47.0 Å². The summed E-state index contributed by atoms with van der Waals surface area (Å²) in [5.74, 6) is -3.36. The topological polar surface area (TPSA) is 534 Å². The van der Waals surface area contributed by atoms with E-state index in [0.717, 1.165) is 5.56 Å². The van der Waals surface area contributed by atoms with Crippen LogP contribution in [0.3, 0.4) is 0 Å². The Balaban J connectivity index is 0.00000146. The fraction of sp³-hybridized carbons (Fsp3) is 0.448. The van der Waals surface area contributed by atoms with Crippen molar-refractivity contribution in [1.29, 1.82) is 0 Å². The smallest absolute Gasteiger partial charge is 0.255 e. The van der Waals surface area contributed by atoms with E-state index >= 15 is 0 Å². The van der Waals surface area contributed by atoms with E-state index in [1.165, 1.54) is 57.7 Å². The van der Waals surface area contributed by atoms with Gasteiger partial charge in [0, 0.05) is 71.4 Å². The molecule has 0 saturated carbocycles. The van der Waals surface area contributed by atoms with Crippen LogP contribution in [0.2, 0.25) is 0 Å². The van der Waals surface area contributed by atoms with Crippen LogP contribution in [0.25, 0.3) is 0 Å². The molecule has 0 aliphatic rings. The molecule has 98 heavy (non-hydrogen) atoms. The van der Waals surface area contributed by atoms with Crippen molar-refractivity contribution >= 4 is 76.5 Å². The van der Waals surface area contributed by atoms with E-state index in [4.69, 9.17) is 70.6 Å². The second kappa shape index (κ2) is 43.3. The molecule has 0 unspecified atom stereocenters. The van der Waals surface area contributed by atoms with Crippen LogP contribution in [0.1, 0.15) is 142 Å². The molecule has 0 aliphatic carbocycles. The number of hydrogen-bond donors (Lipinski definition) is 14. The molecule has 0 fully saturated rings. The number of nitrogens with one attached hydrogen (secondary N) is 5. The Labute approximate surface area is 571 Å². The van der Waals surface area contributed by atoms with Crippen LogP contribution < -0.4 is 97.1 Å². The van der Waals surface area contributed by atoms with Crippen LogP contribution in [0.4, 0.5) is 0 Å². The largest absolute Gasteiger partial charge is 0.496 e. The van der Waals surface area contributed by atoms with Gasteiger partial charge in [0.25, 0.3) is 23.6 Å². The summed E-state index contributed by atoms with van der Waals surface area (Å²) in [6.07, 6.45) is 2.09. The zero-order valence-corrected chi connectivity index (χ0v) is 57.0. The van der Waals surface area contributed by atoms with Gasteiger partial charge in [-0.1, -0.05) is 36.8 Å². The molecule has 0 heterocycles. The number of hydrogen-bond acceptors (Lipinski definition) is 18. The number of ketones is 4. The summed E-state index contributed by atoms with van der Waals surface area (Å²) < 4.78 is 21.7. The van der Waals surface area contributed by atoms with Gasteiger partial charge in [-0.15, -0.1) is 0 Å². The number of aliphatic imine (C=N–C) groups is 4. The molecule has 0 spiro atoms. The van der Waals surface area contributed by atoms with E-state index in [-0.39, 0.29) is 165 Å². The maximum absolute atomic E-state index is 14.3. The normalized spacial score (nSPS) is 11.8. The highest BCUT2D eigenvalue weighted by atomic mass is 16.5. The van der Waals surface area contributed by atoms with E-state index in [1.807, 2.05) is 13.0 Å². The molecular weight excluding hydrogens is 1260 g/mol. The summed E-state index contributed by atoms with van der Waals surface area (Å²) in [6.45, 7) is 6.96. The lowest BCUT2D eigenvalue weighted by Crippen LogP contribution is -2.42. The van der Waals surface area contributed by atoms with E-state index in [2.05, 4.69) is 46.6 Å². The first-order valence-corrected chi connectivity index (χ1v) is 31.9. The Morgan fingerprint density at radius 3 is 1.11 bits per heavy atom. The van der Waals surface area contributed by atoms with Gasteiger partial charge in [-0.25, -0.2) is 0 Å². The van der Waals surface area contributed by atoms with E-state index in [1.54, 1.807) is 51.3 Å². The third-order valence-electron chi connectivity index (χ3n) is 14.9. The minimum Gasteiger partial charge on any atom is -0.496 e. The molecule has 534 valence electrons. The molecule has 4 rings (SSSR count). The number of guanidine groups is 4. The summed E-state index contributed by atoms with van der Waals surface area (Å²) in [7, 11) is 5.63. The molecule has 0 bridgehead atoms. The Morgan fingerprint density at radius 2 is 0.765 bits per heavy atom. The highest BCUT2D eigenvalue weighted by Crippen LogP contribution is 2.26. The monoisotopic (exact) mass is 1360 g/mol. The van der Waals surface area contributed by atoms with Crippen molar-refractivity contribution in [3.05, 3.63) is 117 Å². The van der Waals surface area contributed by atoms with Gasteiger partial charge in [-0.2, -0.15) is 0 Å². The van der Waals surface area contributed by atoms with Gasteiger partial charge in [0.05, 0.1) is 74.9 Å². The number of ether oxygens (including phenoxy) is 4. The molecule has 4 aromatic rings. The van der Waals surface area contributed by atoms with Crippen LogP contribution in [-0.4, -0.2) is 168 Å². The lowest BCUT2D eigenvalue weighted by Gasteiger charge is -2.21. The van der Waals surface area contributed by atoms with E-state index < -0.39 is 53.5 Å². The average molecular weight is 1360 g/mol. The molecule has 4 aromatic carbocycles. The fourth-order valence-corrected chi connectivity index (χ4v) is 9.82. The number of carbonyl (C=O) groups excluding carboxylic acids is 9. The number of nitrogens with two attached hydrogens (primary N) is 9. The Hall–Kier alpha value is -10.9. The number of benzene rings is 4. The maximum Gasteiger partial charge on any atom is 0.255 e. The zero-order chi connectivity index (χ0) is 72.9. The Bertz CT molecular complexity index is 3490. The second-order valence-electron chi connectivity index (χ2n) is 22.6. The summed E-state index contributed by atoms with van der Waals surface area (Å²) in [4.78, 5) is 137. The summed E-state index contributed by atoms with van der Waals surface area (Å²) in [5.41, 5.74) is 51.9. The van der Waals surface area contributed by atoms with Crippen molar-refractivity contribution in [3.63, 3.8) is 0 Å². The highest BCUT2D eigenvalue weighted by molar-refractivity contribution is 6.03. The van der Waals surface area contributed by atoms with Crippen molar-refractivity contribution in [2.75, 3.05) is 67.7 Å². The van der Waals surface area contributed by atoms with Crippen molar-refractivity contribution in [1.82, 2.24) is 26.6 Å². The van der Waals surface area contributed by atoms with Crippen molar-refractivity contribution in [2.45, 2.75) is 128 Å². The molecule has 5 amide bonds. The lowest BCUT2D eigenvalue weighted by molar-refractivity contribution is -0.127. The maximum atomic E-state index is 14.3. The number of unbranched alkanes of at least 4 members (excludes halogenated alkanes) is 1. The van der Waals surface area contributed by atoms with Crippen LogP contribution in [0.5, 0.6) is 23.0 Å². The number of carbonyl (C=O) groups is 9. The standard InChI is InChI=1S/C56H82N16O11.C11H16N2O2/c1-6-42(73)39(12-9-23-66-54(59)60)70-50(78)37-27-34(17-20-47(37)82-4)30-44(75)41(14-11-25-68-56(63)64)72-52(80)38-28-35(18-21-48(38)83-5)31-45(76)40(13-10-24-67-55(61)62)71-51(79)36-26-33(16-19-46(36)81-3)29-43(74)32(2)69-49(77)15-7-8-22-65-53(57)58;1-8-3-4-10(15-2)9(7-8)11(14)13-6-5-12/h16-21,26-28,32,39-41H,6-15,22-25,29-31H2,1-5H3,(H,69,77)(H,70,78)(H,71,79)(H,72,80)(H4,57,58,65)(H4,59,60,66)(H4,61,62,67)(H4,63,64,68);3-4,7H,5-6,12H2,1-2H3,(H,13,14)/t32-,39-,40-,41-;/m1./s1. The number of amides is 5. The van der Waals surface area contributed by atoms with E-state index in [0.29, 0.717) is 66.9 Å². The molecule has 0 aromatic heterocycles. The molecule has 0 aliphatic heterocycles. The summed E-state index contributed by atoms with van der Waals surface area (Å²) in [6, 6.07) is 15.3. The quantitative estimate of drug-likeness (QED) is 0.0163. The van der Waals surface area contributed by atoms with Gasteiger partial charge in [-0.05, 0) is 130 Å². The first kappa shape index (κ1) is 81.4. The van der Waals surface area contributed by atoms with Gasteiger partial charge in [0.2, 0.25) is 5.91 Å². The van der Waals surface area contributed by atoms with Crippen molar-refractivity contribution < 1.29 is 62.1 Å². The van der Waals surface area contributed by atoms with Gasteiger partial charge >= 0.3 is 0 Å². The molecule has 4 atom stereocenters. The summed E-state index contributed by atoms with van der Waals surface area (Å²) >= 11 is 0. The molecule has 0 saturated heterocycles. The minimum absolute atomic E-state index is 0.0180. The second-order valence-corrected chi connectivity index (χ2v) is 22.6. The zero-order valence-electron chi connectivity index (χ0n) is 57.0. The predicted molar refractivity (Wildman–Crippen MR) is 375 cm³/mol. The molecule has 23 N–H and O–H groups in total. The average Bonchev–Trinajstić information content (AvgIpc) is 0.842. The summed E-state index contributed by atoms with van der Waals surface area (Å²) in [5, 5.41) is 13.8. The first-order valence-electron chi connectivity index (χ1n) is 31.9. The van der Waals surface area contributed by atoms with Gasteiger partial charge < -0.3 is 97.1 Å². The van der Waals surface area contributed by atoms with Gasteiger partial charge in [0.1, 0.15) is 23.0 Å². The van der Waals surface area contributed by atoms with Gasteiger partial charge in [-0.3, -0.25) is 63.1 Å². The third kappa shape index (κ3) is 29.0. The minimum atomic E-state index is -1.13. The van der Waals surface area contributed by atoms with Crippen molar-refractivity contribution in [3.8, 4) is 23.0 Å². The third-order valence-corrected chi connectivity index (χ3v) is 14.9. The number of rotatable bonds is 42. The van der Waals surface area contributed by atoms with Crippen LogP contribution in [0, 0.1) is 6.92 Å². The number of aryl methyl sites for hydroxylation is 1. The molecule has 0 radical (unpaired) electrons. The van der Waals surface area contributed by atoms with Crippen LogP contribution >= 0.6 is 0 Å². The number of Topliss-reactive ketones (excluding diaryl/α,β-unsaturated/α-hetero) is 4. The first-order chi connectivity index (χ1) is 46.7. The van der Waals surface area contributed by atoms with Crippen LogP contribution in [-0.2, 0) is 43.2 Å². The highest BCUT2D eigenvalue weighted by Gasteiger charge is 2.29. The molecule has 31 heteroatoms. The van der Waals surface area contributed by atoms with E-state index in [9.17, 15) is 43.2 Å². The predicted octanol–water partition coefficient (Wildman–Crippen LogP) is 0.523. The Morgan fingerprint density at radius 1 is 0.429 bits per heavy atom. The van der Waals surface area contributed by atoms with Crippen molar-refractivity contribution in [2.24, 2.45) is 71.6 Å². The SMILES string of the molecule is CCC(=O)[C@@H](CCCN=C(N)N)NC(=O)c1cc(CC(=O)[C@@H](CCCN=C(N)N)NC(=O)c2cc(CC(=O)[C@@H](CCCN=C(N)N)NC(=O)c3cc(CC(=O)[C@@H](C)NC(=O)CCCCN=C(N)N)ccc3OC)ccc2OC)ccc1OC.COc1ccc(C)cc1C(=O)NCCN. The number of nitrogens with zero attached hydrogens (tertiary/aromatic N) is 4.